The van der Waals surface area contributed by atoms with Crippen LogP contribution < -0.4 is 10.6 Å². The first kappa shape index (κ1) is 19.8. The Kier molecular flexibility index (Phi) is 6.17. The minimum Gasteiger partial charge on any atom is -0.465 e. The van der Waals surface area contributed by atoms with Gasteiger partial charge in [0.1, 0.15) is 5.82 Å². The zero-order chi connectivity index (χ0) is 20.8. The average molecular weight is 403 g/mol. The Bertz CT molecular complexity index is 986. The summed E-state index contributed by atoms with van der Waals surface area (Å²) in [5.74, 6) is 0.897. The van der Waals surface area contributed by atoms with Gasteiger partial charge >= 0.3 is 5.97 Å². The number of pyridine rings is 1. The van der Waals surface area contributed by atoms with Crippen LogP contribution in [0.1, 0.15) is 42.5 Å². The Hall–Kier alpha value is -3.48. The molecular formula is C23H25N5O2. The molecule has 7 nitrogen and oxygen atoms in total. The average Bonchev–Trinajstić information content (AvgIpc) is 2.80. The van der Waals surface area contributed by atoms with Crippen LogP contribution in [-0.4, -0.2) is 34.1 Å². The second-order valence-corrected chi connectivity index (χ2v) is 7.35. The molecule has 1 fully saturated rings. The smallest absolute Gasteiger partial charge is 0.337 e. The summed E-state index contributed by atoms with van der Waals surface area (Å²) in [6.07, 6.45) is 7.78. The number of nitrogens with one attached hydrogen (secondary N) is 2. The molecule has 0 spiro atoms. The SMILES string of the molecule is COC(=O)c1ccc(Nc2cc(-c3ccccn3)nc(NC3CCCCC3)n2)cc1. The summed E-state index contributed by atoms with van der Waals surface area (Å²) in [7, 11) is 1.37. The molecule has 1 aliphatic rings. The highest BCUT2D eigenvalue weighted by molar-refractivity contribution is 5.89. The highest BCUT2D eigenvalue weighted by atomic mass is 16.5. The molecule has 0 aliphatic heterocycles. The third kappa shape index (κ3) is 4.92. The number of carbonyl (C=O) groups is 1. The van der Waals surface area contributed by atoms with E-state index in [-0.39, 0.29) is 5.97 Å². The van der Waals surface area contributed by atoms with Crippen molar-refractivity contribution in [3.05, 3.63) is 60.3 Å². The van der Waals surface area contributed by atoms with Gasteiger partial charge in [0.25, 0.3) is 0 Å². The predicted octanol–water partition coefficient (Wildman–Crippen LogP) is 4.81. The number of esters is 1. The molecule has 1 aliphatic carbocycles. The summed E-state index contributed by atoms with van der Waals surface area (Å²) in [5, 5.41) is 6.80. The molecule has 30 heavy (non-hydrogen) atoms. The second kappa shape index (κ2) is 9.35. The van der Waals surface area contributed by atoms with Gasteiger partial charge in [-0.1, -0.05) is 25.3 Å². The Balaban J connectivity index is 1.60. The van der Waals surface area contributed by atoms with Crippen LogP contribution in [0.25, 0.3) is 11.4 Å². The van der Waals surface area contributed by atoms with E-state index >= 15 is 0 Å². The van der Waals surface area contributed by atoms with Gasteiger partial charge in [0.05, 0.1) is 24.1 Å². The number of nitrogens with zero attached hydrogens (tertiary/aromatic N) is 3. The highest BCUT2D eigenvalue weighted by Gasteiger charge is 2.16. The van der Waals surface area contributed by atoms with Gasteiger partial charge in [-0.2, -0.15) is 4.98 Å². The highest BCUT2D eigenvalue weighted by Crippen LogP contribution is 2.25. The Morgan fingerprint density at radius 1 is 1.00 bits per heavy atom. The van der Waals surface area contributed by atoms with Crippen molar-refractivity contribution in [2.24, 2.45) is 0 Å². The van der Waals surface area contributed by atoms with E-state index in [1.807, 2.05) is 36.4 Å². The van der Waals surface area contributed by atoms with Gasteiger partial charge in [-0.05, 0) is 49.2 Å². The topological polar surface area (TPSA) is 89.0 Å². The lowest BCUT2D eigenvalue weighted by atomic mass is 9.96. The predicted molar refractivity (Wildman–Crippen MR) is 117 cm³/mol. The summed E-state index contributed by atoms with van der Waals surface area (Å²) in [6.45, 7) is 0. The first-order chi connectivity index (χ1) is 14.7. The van der Waals surface area contributed by atoms with Crippen molar-refractivity contribution in [2.45, 2.75) is 38.1 Å². The number of anilines is 3. The number of aromatic nitrogens is 3. The number of carbonyl (C=O) groups excluding carboxylic acids is 1. The fourth-order valence-corrected chi connectivity index (χ4v) is 3.61. The largest absolute Gasteiger partial charge is 0.465 e. The zero-order valence-electron chi connectivity index (χ0n) is 17.0. The molecular weight excluding hydrogens is 378 g/mol. The van der Waals surface area contributed by atoms with Gasteiger partial charge in [0.2, 0.25) is 5.95 Å². The van der Waals surface area contributed by atoms with Crippen molar-refractivity contribution < 1.29 is 9.53 Å². The normalized spacial score (nSPS) is 14.2. The van der Waals surface area contributed by atoms with Crippen LogP contribution in [0.15, 0.2) is 54.7 Å². The molecule has 2 N–H and O–H groups in total. The van der Waals surface area contributed by atoms with Crippen LogP contribution in [0, 0.1) is 0 Å². The molecule has 0 amide bonds. The van der Waals surface area contributed by atoms with Gasteiger partial charge < -0.3 is 15.4 Å². The van der Waals surface area contributed by atoms with Gasteiger partial charge in [-0.15, -0.1) is 0 Å². The second-order valence-electron chi connectivity index (χ2n) is 7.35. The lowest BCUT2D eigenvalue weighted by molar-refractivity contribution is 0.0601. The molecule has 1 aromatic carbocycles. The van der Waals surface area contributed by atoms with E-state index in [9.17, 15) is 4.79 Å². The molecule has 2 aromatic heterocycles. The number of benzene rings is 1. The lowest BCUT2D eigenvalue weighted by Gasteiger charge is -2.23. The fourth-order valence-electron chi connectivity index (χ4n) is 3.61. The van der Waals surface area contributed by atoms with E-state index in [0.717, 1.165) is 29.9 Å². The quantitative estimate of drug-likeness (QED) is 0.571. The molecule has 3 aromatic rings. The number of hydrogen-bond donors (Lipinski definition) is 2. The van der Waals surface area contributed by atoms with Crippen LogP contribution in [-0.2, 0) is 4.74 Å². The van der Waals surface area contributed by atoms with Crippen LogP contribution in [0.2, 0.25) is 0 Å². The lowest BCUT2D eigenvalue weighted by Crippen LogP contribution is -2.23. The van der Waals surface area contributed by atoms with Crippen LogP contribution in [0.5, 0.6) is 0 Å². The number of methoxy groups -OCH3 is 1. The molecule has 2 heterocycles. The maximum Gasteiger partial charge on any atom is 0.337 e. The van der Waals surface area contributed by atoms with Crippen molar-refractivity contribution in [2.75, 3.05) is 17.7 Å². The van der Waals surface area contributed by atoms with Crippen molar-refractivity contribution in [3.63, 3.8) is 0 Å². The van der Waals surface area contributed by atoms with Crippen molar-refractivity contribution >= 4 is 23.4 Å². The summed E-state index contributed by atoms with van der Waals surface area (Å²) >= 11 is 0. The molecule has 154 valence electrons. The summed E-state index contributed by atoms with van der Waals surface area (Å²) in [6, 6.07) is 15.1. The maximum absolute atomic E-state index is 11.6. The minimum atomic E-state index is -0.361. The summed E-state index contributed by atoms with van der Waals surface area (Å²) in [4.78, 5) is 25.4. The molecule has 0 atom stereocenters. The molecule has 0 saturated heterocycles. The molecule has 0 bridgehead atoms. The third-order valence-corrected chi connectivity index (χ3v) is 5.17. The summed E-state index contributed by atoms with van der Waals surface area (Å²) < 4.78 is 4.75. The fraction of sp³-hybridized carbons (Fsp3) is 0.304. The van der Waals surface area contributed by atoms with E-state index in [0.29, 0.717) is 23.4 Å². The van der Waals surface area contributed by atoms with Crippen molar-refractivity contribution in [1.29, 1.82) is 0 Å². The van der Waals surface area contributed by atoms with E-state index in [1.165, 1.54) is 26.4 Å². The maximum atomic E-state index is 11.6. The molecule has 1 saturated carbocycles. The molecule has 4 rings (SSSR count). The van der Waals surface area contributed by atoms with Crippen LogP contribution in [0.4, 0.5) is 17.5 Å². The van der Waals surface area contributed by atoms with Gasteiger partial charge in [-0.25, -0.2) is 9.78 Å². The standard InChI is InChI=1S/C23H25N5O2/c1-30-22(29)16-10-12-18(13-11-16)25-21-15-20(19-9-5-6-14-24-19)27-23(28-21)26-17-7-3-2-4-8-17/h5-6,9-15,17H,2-4,7-8H2,1H3,(H2,25,26,27,28). The number of rotatable bonds is 6. The van der Waals surface area contributed by atoms with Gasteiger partial charge in [-0.3, -0.25) is 4.98 Å². The van der Waals surface area contributed by atoms with Crippen LogP contribution >= 0.6 is 0 Å². The first-order valence-electron chi connectivity index (χ1n) is 10.2. The molecule has 0 radical (unpaired) electrons. The number of hydrogen-bond acceptors (Lipinski definition) is 7. The van der Waals surface area contributed by atoms with E-state index < -0.39 is 0 Å². The Labute approximate surface area is 175 Å². The zero-order valence-corrected chi connectivity index (χ0v) is 17.0. The Morgan fingerprint density at radius 3 is 2.50 bits per heavy atom. The Morgan fingerprint density at radius 2 is 1.80 bits per heavy atom. The van der Waals surface area contributed by atoms with Crippen LogP contribution in [0.3, 0.4) is 0 Å². The van der Waals surface area contributed by atoms with E-state index in [4.69, 9.17) is 9.72 Å². The summed E-state index contributed by atoms with van der Waals surface area (Å²) in [5.41, 5.74) is 2.85. The van der Waals surface area contributed by atoms with Gasteiger partial charge in [0, 0.05) is 24.0 Å². The van der Waals surface area contributed by atoms with E-state index in [2.05, 4.69) is 20.6 Å². The van der Waals surface area contributed by atoms with Gasteiger partial charge in [0.15, 0.2) is 0 Å². The first-order valence-corrected chi connectivity index (χ1v) is 10.2. The van der Waals surface area contributed by atoms with E-state index in [1.54, 1.807) is 18.3 Å². The van der Waals surface area contributed by atoms with Crippen molar-refractivity contribution in [1.82, 2.24) is 15.0 Å². The molecule has 0 unspecified atom stereocenters. The number of ether oxygens (including phenoxy) is 1. The van der Waals surface area contributed by atoms with Crippen molar-refractivity contribution in [3.8, 4) is 11.4 Å². The molecule has 7 heteroatoms. The minimum absolute atomic E-state index is 0.361. The monoisotopic (exact) mass is 403 g/mol. The third-order valence-electron chi connectivity index (χ3n) is 5.17.